The molecule has 1 saturated heterocycles. The van der Waals surface area contributed by atoms with Gasteiger partial charge in [-0.05, 0) is 18.6 Å². The van der Waals surface area contributed by atoms with E-state index >= 15 is 0 Å². The summed E-state index contributed by atoms with van der Waals surface area (Å²) in [6, 6.07) is 7.75. The number of carboxylic acids is 1. The number of carbonyl (C=O) groups is 1. The Hall–Kier alpha value is -2.28. The number of carboxylic acid groups (broad SMARTS) is 1. The first-order valence-electron chi connectivity index (χ1n) is 7.76. The molecule has 1 unspecified atom stereocenters. The van der Waals surface area contributed by atoms with Crippen LogP contribution in [-0.2, 0) is 11.3 Å². The highest BCUT2D eigenvalue weighted by Gasteiger charge is 2.42. The van der Waals surface area contributed by atoms with Gasteiger partial charge in [-0.2, -0.15) is 5.10 Å². The Balaban J connectivity index is 1.75. The van der Waals surface area contributed by atoms with Gasteiger partial charge in [-0.3, -0.25) is 9.69 Å². The molecule has 1 aromatic carbocycles. The van der Waals surface area contributed by atoms with Crippen LogP contribution in [0.1, 0.15) is 17.5 Å². The van der Waals surface area contributed by atoms with E-state index in [0.29, 0.717) is 0 Å². The molecule has 1 atom stereocenters. The molecule has 0 saturated carbocycles. The van der Waals surface area contributed by atoms with Gasteiger partial charge in [0, 0.05) is 31.3 Å². The molecule has 24 heavy (non-hydrogen) atoms. The van der Waals surface area contributed by atoms with Gasteiger partial charge in [-0.15, -0.1) is 0 Å². The smallest absolute Gasteiger partial charge is 0.308 e. The molecule has 0 radical (unpaired) electrons. The number of rotatable bonds is 4. The average molecular weight is 335 g/mol. The standard InChI is InChI=1S/C17H19F2N3O2/c1-12-4-2-3-5-15(12)22-9-13(7-20-22)8-21-10-14(16(23)24)6-17(18,19)11-21/h2-5,7,9,14H,6,8,10-11H2,1H3,(H,23,24). The maximum absolute atomic E-state index is 13.8. The Morgan fingerprint density at radius 1 is 1.42 bits per heavy atom. The number of aromatic nitrogens is 2. The predicted molar refractivity (Wildman–Crippen MR) is 84.3 cm³/mol. The van der Waals surface area contributed by atoms with E-state index in [-0.39, 0.29) is 13.1 Å². The summed E-state index contributed by atoms with van der Waals surface area (Å²) in [6.07, 6.45) is 2.83. The van der Waals surface area contributed by atoms with Crippen LogP contribution in [0.5, 0.6) is 0 Å². The third kappa shape index (κ3) is 3.62. The molecular weight excluding hydrogens is 316 g/mol. The third-order valence-corrected chi connectivity index (χ3v) is 4.23. The van der Waals surface area contributed by atoms with Crippen LogP contribution < -0.4 is 0 Å². The van der Waals surface area contributed by atoms with Crippen LogP contribution in [0.3, 0.4) is 0 Å². The molecule has 128 valence electrons. The number of likely N-dealkylation sites (tertiary alicyclic amines) is 1. The van der Waals surface area contributed by atoms with Gasteiger partial charge in [0.15, 0.2) is 0 Å². The Kier molecular flexibility index (Phi) is 4.36. The molecule has 5 nitrogen and oxygen atoms in total. The van der Waals surface area contributed by atoms with Crippen molar-refractivity contribution in [1.82, 2.24) is 14.7 Å². The van der Waals surface area contributed by atoms with Crippen LogP contribution in [0, 0.1) is 12.8 Å². The molecule has 1 aliphatic heterocycles. The molecule has 0 bridgehead atoms. The Morgan fingerprint density at radius 3 is 2.88 bits per heavy atom. The number of piperidine rings is 1. The Labute approximate surface area is 138 Å². The second kappa shape index (κ2) is 6.32. The van der Waals surface area contributed by atoms with E-state index in [1.165, 1.54) is 4.90 Å². The lowest BCUT2D eigenvalue weighted by Crippen LogP contribution is -2.48. The van der Waals surface area contributed by atoms with Crippen LogP contribution in [-0.4, -0.2) is 44.8 Å². The van der Waals surface area contributed by atoms with E-state index < -0.39 is 30.8 Å². The molecule has 0 aliphatic carbocycles. The average Bonchev–Trinajstić information content (AvgIpc) is 2.94. The van der Waals surface area contributed by atoms with Gasteiger partial charge in [0.1, 0.15) is 0 Å². The molecular formula is C17H19F2N3O2. The number of benzene rings is 1. The van der Waals surface area contributed by atoms with Crippen molar-refractivity contribution >= 4 is 5.97 Å². The SMILES string of the molecule is Cc1ccccc1-n1cc(CN2CC(C(=O)O)CC(F)(F)C2)cn1. The van der Waals surface area contributed by atoms with Gasteiger partial charge in [-0.1, -0.05) is 18.2 Å². The molecule has 1 aliphatic rings. The van der Waals surface area contributed by atoms with Gasteiger partial charge < -0.3 is 5.11 Å². The van der Waals surface area contributed by atoms with Crippen molar-refractivity contribution in [2.45, 2.75) is 25.8 Å². The minimum atomic E-state index is -2.98. The van der Waals surface area contributed by atoms with Crippen molar-refractivity contribution in [3.63, 3.8) is 0 Å². The second-order valence-corrected chi connectivity index (χ2v) is 6.34. The summed E-state index contributed by atoms with van der Waals surface area (Å²) in [5.74, 6) is -5.19. The Bertz CT molecular complexity index is 745. The monoisotopic (exact) mass is 335 g/mol. The lowest BCUT2D eigenvalue weighted by atomic mass is 9.95. The zero-order chi connectivity index (χ0) is 17.3. The van der Waals surface area contributed by atoms with Crippen molar-refractivity contribution in [3.8, 4) is 5.69 Å². The molecule has 1 fully saturated rings. The number of hydrogen-bond donors (Lipinski definition) is 1. The van der Waals surface area contributed by atoms with Crippen LogP contribution >= 0.6 is 0 Å². The zero-order valence-electron chi connectivity index (χ0n) is 13.3. The summed E-state index contributed by atoms with van der Waals surface area (Å²) in [7, 11) is 0. The highest BCUT2D eigenvalue weighted by molar-refractivity contribution is 5.70. The predicted octanol–water partition coefficient (Wildman–Crippen LogP) is 2.72. The minimum Gasteiger partial charge on any atom is -0.481 e. The molecule has 3 rings (SSSR count). The molecule has 0 spiro atoms. The van der Waals surface area contributed by atoms with E-state index in [0.717, 1.165) is 16.8 Å². The summed E-state index contributed by atoms with van der Waals surface area (Å²) in [5.41, 5.74) is 2.76. The fourth-order valence-electron chi connectivity index (χ4n) is 3.13. The number of halogens is 2. The van der Waals surface area contributed by atoms with Gasteiger partial charge in [0.05, 0.1) is 24.3 Å². The lowest BCUT2D eigenvalue weighted by molar-refractivity contribution is -0.153. The van der Waals surface area contributed by atoms with Crippen LogP contribution in [0.4, 0.5) is 8.78 Å². The topological polar surface area (TPSA) is 58.4 Å². The normalized spacial score (nSPS) is 20.9. The van der Waals surface area contributed by atoms with Crippen molar-refractivity contribution < 1.29 is 18.7 Å². The first kappa shape index (κ1) is 16.6. The summed E-state index contributed by atoms with van der Waals surface area (Å²) in [5, 5.41) is 13.4. The summed E-state index contributed by atoms with van der Waals surface area (Å²) >= 11 is 0. The zero-order valence-corrected chi connectivity index (χ0v) is 13.3. The minimum absolute atomic E-state index is 0.125. The highest BCUT2D eigenvalue weighted by Crippen LogP contribution is 2.31. The van der Waals surface area contributed by atoms with E-state index in [4.69, 9.17) is 5.11 Å². The fraction of sp³-hybridized carbons (Fsp3) is 0.412. The summed E-state index contributed by atoms with van der Waals surface area (Å²) < 4.78 is 29.2. The van der Waals surface area contributed by atoms with Crippen molar-refractivity contribution in [1.29, 1.82) is 0 Å². The number of aliphatic carboxylic acids is 1. The summed E-state index contributed by atoms with van der Waals surface area (Å²) in [4.78, 5) is 12.6. The molecule has 1 aromatic heterocycles. The lowest BCUT2D eigenvalue weighted by Gasteiger charge is -2.35. The first-order chi connectivity index (χ1) is 11.3. The van der Waals surface area contributed by atoms with Crippen LogP contribution in [0.25, 0.3) is 5.69 Å². The number of aryl methyl sites for hydroxylation is 1. The van der Waals surface area contributed by atoms with E-state index in [9.17, 15) is 13.6 Å². The van der Waals surface area contributed by atoms with E-state index in [1.807, 2.05) is 31.2 Å². The van der Waals surface area contributed by atoms with Crippen molar-refractivity contribution in [3.05, 3.63) is 47.8 Å². The quantitative estimate of drug-likeness (QED) is 0.933. The number of hydrogen-bond acceptors (Lipinski definition) is 3. The largest absolute Gasteiger partial charge is 0.481 e. The molecule has 7 heteroatoms. The number of para-hydroxylation sites is 1. The number of nitrogens with zero attached hydrogens (tertiary/aromatic N) is 3. The van der Waals surface area contributed by atoms with Crippen molar-refractivity contribution in [2.24, 2.45) is 5.92 Å². The maximum Gasteiger partial charge on any atom is 0.308 e. The molecule has 1 N–H and O–H groups in total. The summed E-state index contributed by atoms with van der Waals surface area (Å²) in [6.45, 7) is 1.93. The van der Waals surface area contributed by atoms with E-state index in [1.54, 1.807) is 17.1 Å². The van der Waals surface area contributed by atoms with Crippen LogP contribution in [0.15, 0.2) is 36.7 Å². The van der Waals surface area contributed by atoms with Crippen molar-refractivity contribution in [2.75, 3.05) is 13.1 Å². The molecule has 0 amide bonds. The molecule has 2 heterocycles. The van der Waals surface area contributed by atoms with Crippen LogP contribution in [0.2, 0.25) is 0 Å². The second-order valence-electron chi connectivity index (χ2n) is 6.34. The maximum atomic E-state index is 13.8. The van der Waals surface area contributed by atoms with Gasteiger partial charge in [-0.25, -0.2) is 13.5 Å². The van der Waals surface area contributed by atoms with Gasteiger partial charge in [0.25, 0.3) is 5.92 Å². The Morgan fingerprint density at radius 2 is 2.17 bits per heavy atom. The number of alkyl halides is 2. The van der Waals surface area contributed by atoms with Gasteiger partial charge >= 0.3 is 5.97 Å². The highest BCUT2D eigenvalue weighted by atomic mass is 19.3. The van der Waals surface area contributed by atoms with Gasteiger partial charge in [0.2, 0.25) is 0 Å². The first-order valence-corrected chi connectivity index (χ1v) is 7.76. The van der Waals surface area contributed by atoms with E-state index in [2.05, 4.69) is 5.10 Å². The molecule has 2 aromatic rings. The third-order valence-electron chi connectivity index (χ3n) is 4.23. The fourth-order valence-corrected chi connectivity index (χ4v) is 3.13.